The van der Waals surface area contributed by atoms with Crippen LogP contribution in [0.15, 0.2) is 6.20 Å². The molecule has 2 atom stereocenters. The topological polar surface area (TPSA) is 140 Å². The Hall–Kier alpha value is -3.02. The highest BCUT2D eigenvalue weighted by Gasteiger charge is 2.27. The maximum atomic E-state index is 12.7. The van der Waals surface area contributed by atoms with E-state index in [1.54, 1.807) is 10.9 Å². The Morgan fingerprint density at radius 1 is 0.825 bits per heavy atom. The summed E-state index contributed by atoms with van der Waals surface area (Å²) in [5, 5.41) is 15.9. The number of hydrogen-bond donors (Lipinski definition) is 0. The third kappa shape index (κ3) is 10.9. The van der Waals surface area contributed by atoms with Gasteiger partial charge in [0.2, 0.25) is 5.69 Å². The largest absolute Gasteiger partial charge is 0.461 e. The summed E-state index contributed by atoms with van der Waals surface area (Å²) in [5.74, 6) is -1.82. The van der Waals surface area contributed by atoms with Crippen molar-refractivity contribution in [1.29, 1.82) is 0 Å². The number of carbonyl (C=O) groups is 3. The predicted octanol–water partition coefficient (Wildman–Crippen LogP) is 5.17. The Labute approximate surface area is 241 Å². The van der Waals surface area contributed by atoms with E-state index in [1.807, 2.05) is 27.7 Å². The van der Waals surface area contributed by atoms with Gasteiger partial charge in [-0.25, -0.2) is 23.7 Å². The van der Waals surface area contributed by atoms with Crippen molar-refractivity contribution in [2.75, 3.05) is 19.8 Å². The van der Waals surface area contributed by atoms with E-state index >= 15 is 0 Å². The zero-order valence-corrected chi connectivity index (χ0v) is 24.9. The molecule has 40 heavy (non-hydrogen) atoms. The van der Waals surface area contributed by atoms with Crippen LogP contribution in [0.2, 0.25) is 0 Å². The first kappa shape index (κ1) is 33.2. The number of aromatic nitrogens is 6. The van der Waals surface area contributed by atoms with Crippen LogP contribution in [0, 0.1) is 0 Å². The molecule has 0 aromatic carbocycles. The molecule has 13 heteroatoms. The predicted molar refractivity (Wildman–Crippen MR) is 148 cm³/mol. The van der Waals surface area contributed by atoms with E-state index in [1.165, 1.54) is 4.68 Å². The van der Waals surface area contributed by atoms with E-state index in [4.69, 9.17) is 25.8 Å². The average molecular weight is 583 g/mol. The van der Waals surface area contributed by atoms with Gasteiger partial charge in [0.05, 0.1) is 32.1 Å². The molecule has 2 unspecified atom stereocenters. The lowest BCUT2D eigenvalue weighted by atomic mass is 10.1. The minimum atomic E-state index is -0.678. The molecule has 12 nitrogen and oxygen atoms in total. The molecular weight excluding hydrogens is 540 g/mol. The minimum absolute atomic E-state index is 0.0187. The molecule has 0 bridgehead atoms. The highest BCUT2D eigenvalue weighted by atomic mass is 35.5. The van der Waals surface area contributed by atoms with Crippen molar-refractivity contribution in [1.82, 2.24) is 30.0 Å². The van der Waals surface area contributed by atoms with Crippen molar-refractivity contribution in [3.8, 4) is 0 Å². The van der Waals surface area contributed by atoms with Crippen molar-refractivity contribution in [3.05, 3.63) is 23.3 Å². The summed E-state index contributed by atoms with van der Waals surface area (Å²) in [6, 6.07) is 0.0305. The van der Waals surface area contributed by atoms with Gasteiger partial charge in [0.15, 0.2) is 11.4 Å². The second-order valence-corrected chi connectivity index (χ2v) is 10.3. The Morgan fingerprint density at radius 3 is 2.12 bits per heavy atom. The van der Waals surface area contributed by atoms with E-state index in [0.29, 0.717) is 19.4 Å². The molecule has 0 N–H and O–H groups in total. The van der Waals surface area contributed by atoms with Gasteiger partial charge in [-0.3, -0.25) is 0 Å². The molecule has 0 aliphatic heterocycles. The van der Waals surface area contributed by atoms with Crippen LogP contribution in [0.3, 0.4) is 0 Å². The highest BCUT2D eigenvalue weighted by molar-refractivity contribution is 6.20. The fraction of sp³-hybridized carbons (Fsp3) is 0.741. The summed E-state index contributed by atoms with van der Waals surface area (Å²) in [6.07, 6.45) is 9.30. The van der Waals surface area contributed by atoms with Gasteiger partial charge >= 0.3 is 17.9 Å². The van der Waals surface area contributed by atoms with Crippen molar-refractivity contribution in [3.63, 3.8) is 0 Å². The number of halogens is 1. The van der Waals surface area contributed by atoms with Crippen molar-refractivity contribution in [2.45, 2.75) is 110 Å². The monoisotopic (exact) mass is 582 g/mol. The van der Waals surface area contributed by atoms with Gasteiger partial charge in [-0.05, 0) is 51.9 Å². The van der Waals surface area contributed by atoms with Crippen LogP contribution in [-0.4, -0.2) is 73.1 Å². The minimum Gasteiger partial charge on any atom is -0.461 e. The Balaban J connectivity index is 1.79. The second-order valence-electron chi connectivity index (χ2n) is 9.71. The zero-order valence-electron chi connectivity index (χ0n) is 24.1. The van der Waals surface area contributed by atoms with E-state index in [0.717, 1.165) is 51.4 Å². The first-order chi connectivity index (χ1) is 19.3. The molecule has 224 valence electrons. The number of unbranched alkanes of at least 4 members (excludes halogenated alkanes) is 5. The van der Waals surface area contributed by atoms with Gasteiger partial charge in [0, 0.05) is 11.9 Å². The van der Waals surface area contributed by atoms with Gasteiger partial charge in [0.1, 0.15) is 0 Å². The molecule has 2 aromatic heterocycles. The van der Waals surface area contributed by atoms with Crippen molar-refractivity contribution in [2.24, 2.45) is 0 Å². The smallest absolute Gasteiger partial charge is 0.361 e. The lowest BCUT2D eigenvalue weighted by Gasteiger charge is -2.13. The summed E-state index contributed by atoms with van der Waals surface area (Å²) in [5.41, 5.74) is 0.0665. The summed E-state index contributed by atoms with van der Waals surface area (Å²) in [6.45, 7) is 9.14. The van der Waals surface area contributed by atoms with E-state index in [-0.39, 0.29) is 48.3 Å². The molecule has 0 amide bonds. The van der Waals surface area contributed by atoms with E-state index < -0.39 is 17.9 Å². The van der Waals surface area contributed by atoms with Crippen molar-refractivity contribution >= 4 is 29.5 Å². The van der Waals surface area contributed by atoms with E-state index in [9.17, 15) is 14.4 Å². The number of rotatable bonds is 20. The summed E-state index contributed by atoms with van der Waals surface area (Å²) >= 11 is 6.21. The number of hydrogen-bond acceptors (Lipinski definition) is 10. The number of esters is 3. The summed E-state index contributed by atoms with van der Waals surface area (Å²) in [4.78, 5) is 37.5. The maximum absolute atomic E-state index is 12.7. The highest BCUT2D eigenvalue weighted by Crippen LogP contribution is 2.18. The van der Waals surface area contributed by atoms with Crippen LogP contribution in [-0.2, 0) is 20.8 Å². The fourth-order valence-corrected chi connectivity index (χ4v) is 4.01. The van der Waals surface area contributed by atoms with Crippen LogP contribution in [0.25, 0.3) is 0 Å². The zero-order chi connectivity index (χ0) is 29.3. The quantitative estimate of drug-likeness (QED) is 0.0888. The number of ether oxygens (including phenoxy) is 3. The third-order valence-electron chi connectivity index (χ3n) is 6.29. The molecule has 0 aliphatic rings. The lowest BCUT2D eigenvalue weighted by Crippen LogP contribution is -2.19. The number of carbonyl (C=O) groups excluding carboxylic acids is 3. The molecule has 0 saturated heterocycles. The first-order valence-electron chi connectivity index (χ1n) is 14.3. The van der Waals surface area contributed by atoms with E-state index in [2.05, 4.69) is 20.6 Å². The molecule has 0 fully saturated rings. The molecule has 0 aliphatic carbocycles. The number of nitrogens with zero attached hydrogens (tertiary/aromatic N) is 6. The summed E-state index contributed by atoms with van der Waals surface area (Å²) < 4.78 is 18.9. The van der Waals surface area contributed by atoms with Gasteiger partial charge in [0.25, 0.3) is 0 Å². The second kappa shape index (κ2) is 18.4. The SMILES string of the molecule is CCCCOC(=O)c1nnn(CCCCCCOC(=O)c2cn(C(C)CC(Cl)CC)nn2)c1C(=O)OCCCC. The van der Waals surface area contributed by atoms with Gasteiger partial charge in [-0.2, -0.15) is 0 Å². The number of alkyl halides is 1. The Morgan fingerprint density at radius 2 is 1.45 bits per heavy atom. The molecule has 0 saturated carbocycles. The molecule has 2 aromatic rings. The van der Waals surface area contributed by atoms with Gasteiger partial charge in [-0.1, -0.05) is 50.5 Å². The molecule has 0 spiro atoms. The van der Waals surface area contributed by atoms with Gasteiger partial charge in [-0.15, -0.1) is 21.8 Å². The van der Waals surface area contributed by atoms with Gasteiger partial charge < -0.3 is 14.2 Å². The Kier molecular flexibility index (Phi) is 15.2. The third-order valence-corrected chi connectivity index (χ3v) is 6.78. The summed E-state index contributed by atoms with van der Waals surface area (Å²) in [7, 11) is 0. The average Bonchev–Trinajstić information content (AvgIpc) is 3.60. The standard InChI is InChI=1S/C27H43ClN6O6/c1-5-8-15-39-26(36)23-24(27(37)40-16-9-6-2)33(32-30-23)14-12-10-11-13-17-38-25(35)22-19-34(31-29-22)20(4)18-21(28)7-3/h19-21H,5-18H2,1-4H3. The van der Waals surface area contributed by atoms with Crippen LogP contribution in [0.5, 0.6) is 0 Å². The molecular formula is C27H43ClN6O6. The maximum Gasteiger partial charge on any atom is 0.361 e. The number of aryl methyl sites for hydroxylation is 1. The van der Waals surface area contributed by atoms with Crippen LogP contribution < -0.4 is 0 Å². The lowest BCUT2D eigenvalue weighted by molar-refractivity contribution is 0.0440. The normalized spacial score (nSPS) is 12.6. The fourth-order valence-electron chi connectivity index (χ4n) is 3.75. The molecule has 2 heterocycles. The van der Waals surface area contributed by atoms with Crippen LogP contribution in [0.4, 0.5) is 0 Å². The molecule has 2 rings (SSSR count). The van der Waals surface area contributed by atoms with Crippen molar-refractivity contribution < 1.29 is 28.6 Å². The van der Waals surface area contributed by atoms with Crippen LogP contribution >= 0.6 is 11.6 Å². The molecule has 0 radical (unpaired) electrons. The first-order valence-corrected chi connectivity index (χ1v) is 14.8. The Bertz CT molecular complexity index is 1060. The van der Waals surface area contributed by atoms with Crippen LogP contribution in [0.1, 0.15) is 129 Å².